The van der Waals surface area contributed by atoms with Crippen molar-refractivity contribution in [3.8, 4) is 34.3 Å². The van der Waals surface area contributed by atoms with Gasteiger partial charge in [-0.15, -0.1) is 0 Å². The Labute approximate surface area is 195 Å². The van der Waals surface area contributed by atoms with Gasteiger partial charge < -0.3 is 24.2 Å². The lowest BCUT2D eigenvalue weighted by atomic mass is 9.95. The molecule has 0 radical (unpaired) electrons. The maximum Gasteiger partial charge on any atom is 0.273 e. The first kappa shape index (κ1) is 20.2. The van der Waals surface area contributed by atoms with Crippen molar-refractivity contribution >= 4 is 5.91 Å². The van der Waals surface area contributed by atoms with E-state index in [4.69, 9.17) is 14.2 Å². The van der Waals surface area contributed by atoms with Crippen LogP contribution in [0.15, 0.2) is 66.7 Å². The first-order chi connectivity index (χ1) is 16.6. The summed E-state index contributed by atoms with van der Waals surface area (Å²) in [6.07, 6.45) is 0. The number of phenolic OH excluding ortho intramolecular Hbond substituents is 1. The minimum Gasteiger partial charge on any atom is -0.508 e. The van der Waals surface area contributed by atoms with E-state index < -0.39 is 0 Å². The number of nitrogens with one attached hydrogen (secondary N) is 1. The molecule has 0 spiro atoms. The molecule has 4 aromatic rings. The second kappa shape index (κ2) is 7.84. The van der Waals surface area contributed by atoms with Crippen molar-refractivity contribution < 1.29 is 24.1 Å². The monoisotopic (exact) mass is 455 g/mol. The summed E-state index contributed by atoms with van der Waals surface area (Å²) in [6, 6.07) is 19.8. The Balaban J connectivity index is 1.44. The zero-order valence-corrected chi connectivity index (χ0v) is 18.3. The molecule has 8 heteroatoms. The van der Waals surface area contributed by atoms with Crippen LogP contribution in [-0.2, 0) is 6.54 Å². The molecule has 8 nitrogen and oxygen atoms in total. The van der Waals surface area contributed by atoms with Crippen LogP contribution in [0.5, 0.6) is 23.0 Å². The van der Waals surface area contributed by atoms with Gasteiger partial charge in [0.25, 0.3) is 5.91 Å². The average Bonchev–Trinajstić information content (AvgIpc) is 3.57. The highest BCUT2D eigenvalue weighted by molar-refractivity contribution is 6.00. The second-order valence-electron chi connectivity index (χ2n) is 8.20. The first-order valence-corrected chi connectivity index (χ1v) is 10.8. The highest BCUT2D eigenvalue weighted by atomic mass is 16.7. The molecule has 2 aliphatic rings. The number of rotatable bonds is 5. The van der Waals surface area contributed by atoms with E-state index >= 15 is 0 Å². The summed E-state index contributed by atoms with van der Waals surface area (Å²) in [5.74, 6) is 2.13. The highest BCUT2D eigenvalue weighted by Gasteiger charge is 2.42. The molecule has 1 unspecified atom stereocenters. The molecule has 2 aliphatic heterocycles. The molecule has 1 atom stereocenters. The molecule has 34 heavy (non-hydrogen) atoms. The summed E-state index contributed by atoms with van der Waals surface area (Å²) in [5, 5.41) is 17.3. The summed E-state index contributed by atoms with van der Waals surface area (Å²) in [6.45, 7) is 0.560. The molecule has 0 fully saturated rings. The largest absolute Gasteiger partial charge is 0.508 e. The maximum atomic E-state index is 13.6. The van der Waals surface area contributed by atoms with E-state index in [1.807, 2.05) is 54.6 Å². The topological polar surface area (TPSA) is 96.9 Å². The van der Waals surface area contributed by atoms with E-state index in [2.05, 4.69) is 10.2 Å². The number of aromatic amines is 1. The van der Waals surface area contributed by atoms with E-state index in [1.165, 1.54) is 0 Å². The second-order valence-corrected chi connectivity index (χ2v) is 8.20. The third-order valence-corrected chi connectivity index (χ3v) is 6.23. The number of nitrogens with zero attached hydrogens (tertiary/aromatic N) is 2. The molecule has 0 bridgehead atoms. The molecule has 3 heterocycles. The van der Waals surface area contributed by atoms with E-state index in [-0.39, 0.29) is 24.5 Å². The molecule has 6 rings (SSSR count). The summed E-state index contributed by atoms with van der Waals surface area (Å²) in [4.78, 5) is 15.4. The highest BCUT2D eigenvalue weighted by Crippen LogP contribution is 2.44. The van der Waals surface area contributed by atoms with Gasteiger partial charge in [-0.25, -0.2) is 0 Å². The number of amides is 1. The fraction of sp³-hybridized carbons (Fsp3) is 0.154. The summed E-state index contributed by atoms with van der Waals surface area (Å²) in [5.41, 5.74) is 4.65. The number of hydrogen-bond donors (Lipinski definition) is 2. The lowest BCUT2D eigenvalue weighted by Gasteiger charge is -2.26. The molecule has 0 saturated heterocycles. The molecular formula is C26H21N3O5. The maximum absolute atomic E-state index is 13.6. The van der Waals surface area contributed by atoms with Gasteiger partial charge in [0.1, 0.15) is 17.2 Å². The van der Waals surface area contributed by atoms with Crippen molar-refractivity contribution in [1.29, 1.82) is 0 Å². The van der Waals surface area contributed by atoms with Crippen LogP contribution < -0.4 is 14.2 Å². The number of aromatic hydroxyl groups is 1. The summed E-state index contributed by atoms with van der Waals surface area (Å²) < 4.78 is 16.2. The molecule has 170 valence electrons. The van der Waals surface area contributed by atoms with Crippen LogP contribution >= 0.6 is 0 Å². The smallest absolute Gasteiger partial charge is 0.273 e. The number of H-pyrrole nitrogens is 1. The van der Waals surface area contributed by atoms with Crippen molar-refractivity contribution in [2.24, 2.45) is 0 Å². The lowest BCUT2D eigenvalue weighted by molar-refractivity contribution is 0.0730. The van der Waals surface area contributed by atoms with E-state index in [9.17, 15) is 9.90 Å². The molecular weight excluding hydrogens is 434 g/mol. The molecule has 1 amide bonds. The Morgan fingerprint density at radius 3 is 2.59 bits per heavy atom. The van der Waals surface area contributed by atoms with Crippen molar-refractivity contribution in [3.05, 3.63) is 89.1 Å². The van der Waals surface area contributed by atoms with Gasteiger partial charge in [0.15, 0.2) is 11.5 Å². The molecule has 2 N–H and O–H groups in total. The molecule has 0 saturated carbocycles. The fourth-order valence-electron chi connectivity index (χ4n) is 4.57. The van der Waals surface area contributed by atoms with Crippen molar-refractivity contribution in [2.45, 2.75) is 12.6 Å². The Morgan fingerprint density at radius 2 is 1.82 bits per heavy atom. The minimum atomic E-state index is -0.385. The minimum absolute atomic E-state index is 0.141. The predicted octanol–water partition coefficient (Wildman–Crippen LogP) is 4.27. The summed E-state index contributed by atoms with van der Waals surface area (Å²) in [7, 11) is 1.62. The van der Waals surface area contributed by atoms with E-state index in [0.717, 1.165) is 28.0 Å². The van der Waals surface area contributed by atoms with Crippen LogP contribution in [0.25, 0.3) is 11.3 Å². The van der Waals surface area contributed by atoms with Crippen LogP contribution in [0.2, 0.25) is 0 Å². The lowest BCUT2D eigenvalue weighted by Crippen LogP contribution is -2.29. The number of carbonyl (C=O) groups is 1. The third kappa shape index (κ3) is 3.23. The predicted molar refractivity (Wildman–Crippen MR) is 123 cm³/mol. The van der Waals surface area contributed by atoms with Gasteiger partial charge in [-0.05, 0) is 59.7 Å². The molecule has 0 aliphatic carbocycles. The number of methoxy groups -OCH3 is 1. The molecule has 3 aromatic carbocycles. The Bertz CT molecular complexity index is 1380. The van der Waals surface area contributed by atoms with Crippen LogP contribution in [0.4, 0.5) is 0 Å². The number of fused-ring (bicyclic) bond motifs is 2. The van der Waals surface area contributed by atoms with Crippen LogP contribution in [0, 0.1) is 0 Å². The molecule has 1 aromatic heterocycles. The van der Waals surface area contributed by atoms with Gasteiger partial charge in [-0.2, -0.15) is 5.10 Å². The van der Waals surface area contributed by atoms with Crippen LogP contribution in [0.3, 0.4) is 0 Å². The van der Waals surface area contributed by atoms with Gasteiger partial charge in [-0.1, -0.05) is 18.2 Å². The number of ether oxygens (including phenoxy) is 3. The van der Waals surface area contributed by atoms with Gasteiger partial charge >= 0.3 is 0 Å². The van der Waals surface area contributed by atoms with Crippen molar-refractivity contribution in [2.75, 3.05) is 13.9 Å². The standard InChI is InChI=1S/C26H21N3O5/c1-32-19-9-5-16(6-10-19)23-22-24(28-27-23)26(31)29(25(22)17-3-7-18(30)8-4-17)13-15-2-11-20-21(12-15)34-14-33-20/h2-12,25,30H,13-14H2,1H3,(H,27,28). The van der Waals surface area contributed by atoms with Crippen LogP contribution in [-0.4, -0.2) is 40.0 Å². The van der Waals surface area contributed by atoms with Gasteiger partial charge in [0.2, 0.25) is 6.79 Å². The normalized spacial score (nSPS) is 16.1. The Hall–Kier alpha value is -4.46. The van der Waals surface area contributed by atoms with Crippen molar-refractivity contribution in [3.63, 3.8) is 0 Å². The van der Waals surface area contributed by atoms with Crippen LogP contribution in [0.1, 0.15) is 33.2 Å². The van der Waals surface area contributed by atoms with Crippen molar-refractivity contribution in [1.82, 2.24) is 15.1 Å². The number of benzene rings is 3. The summed E-state index contributed by atoms with van der Waals surface area (Å²) >= 11 is 0. The zero-order valence-electron chi connectivity index (χ0n) is 18.3. The van der Waals surface area contributed by atoms with Gasteiger partial charge in [0, 0.05) is 17.7 Å². The number of carbonyl (C=O) groups excluding carboxylic acids is 1. The number of hydrogen-bond acceptors (Lipinski definition) is 6. The van der Waals surface area contributed by atoms with E-state index in [1.54, 1.807) is 24.1 Å². The van der Waals surface area contributed by atoms with Gasteiger partial charge in [0.05, 0.1) is 18.8 Å². The fourth-order valence-corrected chi connectivity index (χ4v) is 4.57. The Morgan fingerprint density at radius 1 is 1.06 bits per heavy atom. The number of phenols is 1. The first-order valence-electron chi connectivity index (χ1n) is 10.8. The van der Waals surface area contributed by atoms with E-state index in [0.29, 0.717) is 29.4 Å². The average molecular weight is 455 g/mol. The van der Waals surface area contributed by atoms with Gasteiger partial charge in [-0.3, -0.25) is 9.89 Å². The third-order valence-electron chi connectivity index (χ3n) is 6.23. The number of aromatic nitrogens is 2. The Kier molecular flexibility index (Phi) is 4.65. The SMILES string of the molecule is COc1ccc(-c2n[nH]c3c2C(c2ccc(O)cc2)N(Cc2ccc4c(c2)OCO4)C3=O)cc1. The quantitative estimate of drug-likeness (QED) is 0.467. The zero-order chi connectivity index (χ0) is 23.2.